The van der Waals surface area contributed by atoms with Gasteiger partial charge in [0, 0.05) is 35.0 Å². The molecule has 7 rings (SSSR count). The van der Waals surface area contributed by atoms with Crippen molar-refractivity contribution >= 4 is 29.5 Å². The Balaban J connectivity index is 0.000000369. The van der Waals surface area contributed by atoms with E-state index in [2.05, 4.69) is 98.1 Å². The van der Waals surface area contributed by atoms with Gasteiger partial charge >= 0.3 is 0 Å². The molecule has 0 radical (unpaired) electrons. The lowest BCUT2D eigenvalue weighted by Crippen LogP contribution is -2.31. The standard InChI is InChI=1S/C27H26N2O2.C16H20O2.4C2H6/c1-18-4-7-20(8-5-18)28-31-22-11-9-21(10-12-22)29-26-14-6-19(2)16-24(26)25-17-23(30-3)13-15-27(25)29;1-11-5-7-13(17-3)9-15(11)16-10-14(18-4)8-6-12(16)2;4*1-2/h4-5,7-12,14,16-17,28H,2,6,13,15H2,1,3H3;5,7,9-10H,6,8H2,1-4H3;4*1-2H3. The number of nitrogens with zero attached hydrogens (tertiary/aromatic N) is 1. The molecule has 0 unspecified atom stereocenters. The van der Waals surface area contributed by atoms with E-state index in [1.165, 1.54) is 49.7 Å². The number of aromatic nitrogens is 1. The molecule has 6 nitrogen and oxygen atoms in total. The van der Waals surface area contributed by atoms with Crippen molar-refractivity contribution in [2.24, 2.45) is 0 Å². The zero-order valence-corrected chi connectivity index (χ0v) is 37.5. The maximum absolute atomic E-state index is 5.76. The van der Waals surface area contributed by atoms with Gasteiger partial charge < -0.3 is 23.6 Å². The van der Waals surface area contributed by atoms with Gasteiger partial charge in [0.1, 0.15) is 5.75 Å². The summed E-state index contributed by atoms with van der Waals surface area (Å²) < 4.78 is 18.6. The number of hydrogen-bond acceptors (Lipinski definition) is 5. The molecule has 0 fully saturated rings. The fourth-order valence-corrected chi connectivity index (χ4v) is 6.55. The Hall–Kier alpha value is -5.36. The first-order valence-corrected chi connectivity index (χ1v) is 20.8. The lowest BCUT2D eigenvalue weighted by atomic mass is 9.90. The Bertz CT molecular complexity index is 2080. The van der Waals surface area contributed by atoms with E-state index in [0.29, 0.717) is 0 Å². The van der Waals surface area contributed by atoms with Gasteiger partial charge in [-0.15, -0.1) is 0 Å². The summed E-state index contributed by atoms with van der Waals surface area (Å²) in [7, 11) is 5.19. The predicted octanol–water partition coefficient (Wildman–Crippen LogP) is 12.9. The predicted molar refractivity (Wildman–Crippen MR) is 246 cm³/mol. The molecule has 308 valence electrons. The molecule has 3 aromatic carbocycles. The first-order chi connectivity index (χ1) is 27.8. The molecule has 0 aliphatic heterocycles. The fraction of sp³-hybridized carbons (Fsp3) is 0.373. The van der Waals surface area contributed by atoms with Crippen LogP contribution in [0.4, 0.5) is 5.69 Å². The van der Waals surface area contributed by atoms with Crippen molar-refractivity contribution in [2.45, 2.75) is 108 Å². The molecule has 3 aliphatic carbocycles. The number of allylic oxidation sites excluding steroid dienone is 6. The number of aryl methyl sites for hydroxylation is 2. The number of hydrogen-bond donors (Lipinski definition) is 1. The quantitative estimate of drug-likeness (QED) is 0.181. The molecule has 0 amide bonds. The van der Waals surface area contributed by atoms with Gasteiger partial charge in [-0.2, -0.15) is 0 Å². The van der Waals surface area contributed by atoms with E-state index in [1.807, 2.05) is 85.7 Å². The lowest BCUT2D eigenvalue weighted by Gasteiger charge is -2.19. The second kappa shape index (κ2) is 25.0. The highest BCUT2D eigenvalue weighted by Crippen LogP contribution is 2.34. The minimum absolute atomic E-state index is 0.768. The molecule has 1 N–H and O–H groups in total. The topological polar surface area (TPSA) is 53.9 Å². The van der Waals surface area contributed by atoms with Crippen LogP contribution in [0.2, 0.25) is 0 Å². The summed E-state index contributed by atoms with van der Waals surface area (Å²) in [4.78, 5) is 5.76. The molecule has 1 aromatic heterocycles. The first-order valence-electron chi connectivity index (χ1n) is 20.8. The summed E-state index contributed by atoms with van der Waals surface area (Å²) in [5, 5.41) is 2.47. The summed E-state index contributed by atoms with van der Waals surface area (Å²) in [5.41, 5.74) is 15.2. The number of methoxy groups -OCH3 is 3. The summed E-state index contributed by atoms with van der Waals surface area (Å²) in [6.45, 7) is 26.6. The third kappa shape index (κ3) is 12.6. The van der Waals surface area contributed by atoms with E-state index in [-0.39, 0.29) is 0 Å². The highest BCUT2D eigenvalue weighted by atomic mass is 16.6. The van der Waals surface area contributed by atoms with Crippen LogP contribution in [0.25, 0.3) is 29.5 Å². The lowest BCUT2D eigenvalue weighted by molar-refractivity contribution is 0.276. The molecule has 0 spiro atoms. The minimum atomic E-state index is 0.768. The number of nitrogens with one attached hydrogen (secondary N) is 1. The van der Waals surface area contributed by atoms with Crippen LogP contribution in [-0.2, 0) is 15.9 Å². The van der Waals surface area contributed by atoms with Crippen LogP contribution in [0.3, 0.4) is 0 Å². The SMILES string of the molecule is C=C1C=c2c3c(n(-c4ccc(ONc5ccc(C)cc5)cc4)c2=CC1)CCC(OC)=C3.CC.CC.CC.CC.COC1=CC(c2cc(OC)ccc2C)=C(C)CC1. The number of benzene rings is 3. The van der Waals surface area contributed by atoms with Crippen molar-refractivity contribution in [1.82, 2.24) is 4.57 Å². The summed E-state index contributed by atoms with van der Waals surface area (Å²) in [6.07, 6.45) is 13.6. The maximum Gasteiger partial charge on any atom is 0.155 e. The third-order valence-electron chi connectivity index (χ3n) is 9.41. The van der Waals surface area contributed by atoms with Crippen molar-refractivity contribution in [2.75, 3.05) is 26.8 Å². The van der Waals surface area contributed by atoms with Gasteiger partial charge in [0.05, 0.1) is 43.9 Å². The zero-order chi connectivity index (χ0) is 42.5. The first kappa shape index (κ1) is 47.8. The van der Waals surface area contributed by atoms with Crippen molar-refractivity contribution in [3.05, 3.63) is 141 Å². The zero-order valence-electron chi connectivity index (χ0n) is 37.5. The number of anilines is 1. The minimum Gasteiger partial charge on any atom is -0.501 e. The molecule has 4 aromatic rings. The van der Waals surface area contributed by atoms with Gasteiger partial charge in [0.15, 0.2) is 5.75 Å². The van der Waals surface area contributed by atoms with Gasteiger partial charge in [-0.25, -0.2) is 5.48 Å². The van der Waals surface area contributed by atoms with E-state index >= 15 is 0 Å². The number of fused-ring (bicyclic) bond motifs is 3. The van der Waals surface area contributed by atoms with Gasteiger partial charge in [0.25, 0.3) is 0 Å². The van der Waals surface area contributed by atoms with E-state index in [1.54, 1.807) is 21.3 Å². The number of ether oxygens (including phenoxy) is 3. The van der Waals surface area contributed by atoms with E-state index in [0.717, 1.165) is 72.1 Å². The Morgan fingerprint density at radius 1 is 0.632 bits per heavy atom. The van der Waals surface area contributed by atoms with Crippen LogP contribution >= 0.6 is 0 Å². The van der Waals surface area contributed by atoms with Crippen LogP contribution < -0.4 is 25.6 Å². The Kier molecular flexibility index (Phi) is 21.0. The van der Waals surface area contributed by atoms with E-state index < -0.39 is 0 Å². The molecule has 3 aliphatic rings. The van der Waals surface area contributed by atoms with Gasteiger partial charge in [-0.05, 0) is 123 Å². The van der Waals surface area contributed by atoms with Gasteiger partial charge in [-0.3, -0.25) is 0 Å². The average Bonchev–Trinajstić information content (AvgIpc) is 3.59. The molecule has 0 bridgehead atoms. The molecule has 6 heteroatoms. The molecule has 1 heterocycles. The molecular formula is C51H70N2O4. The van der Waals surface area contributed by atoms with Crippen molar-refractivity contribution in [3.63, 3.8) is 0 Å². The largest absolute Gasteiger partial charge is 0.501 e. The van der Waals surface area contributed by atoms with Crippen LogP contribution in [0.1, 0.15) is 116 Å². The molecular weight excluding hydrogens is 705 g/mol. The highest BCUT2D eigenvalue weighted by Gasteiger charge is 2.21. The van der Waals surface area contributed by atoms with Crippen LogP contribution in [-0.4, -0.2) is 25.9 Å². The fourth-order valence-electron chi connectivity index (χ4n) is 6.55. The Morgan fingerprint density at radius 3 is 1.84 bits per heavy atom. The monoisotopic (exact) mass is 775 g/mol. The van der Waals surface area contributed by atoms with E-state index in [4.69, 9.17) is 19.0 Å². The second-order valence-corrected chi connectivity index (χ2v) is 12.8. The number of rotatable bonds is 8. The summed E-state index contributed by atoms with van der Waals surface area (Å²) in [6, 6.07) is 22.5. The summed E-state index contributed by atoms with van der Waals surface area (Å²) >= 11 is 0. The van der Waals surface area contributed by atoms with Gasteiger partial charge in [-0.1, -0.05) is 103 Å². The Morgan fingerprint density at radius 2 is 1.23 bits per heavy atom. The highest BCUT2D eigenvalue weighted by molar-refractivity contribution is 5.80. The molecule has 0 saturated carbocycles. The maximum atomic E-state index is 5.76. The van der Waals surface area contributed by atoms with Crippen LogP contribution in [0.15, 0.2) is 102 Å². The Labute approximate surface area is 344 Å². The van der Waals surface area contributed by atoms with Gasteiger partial charge in [0.2, 0.25) is 0 Å². The van der Waals surface area contributed by atoms with Crippen molar-refractivity contribution in [3.8, 4) is 17.2 Å². The smallest absolute Gasteiger partial charge is 0.155 e. The molecule has 0 atom stereocenters. The molecule has 0 saturated heterocycles. The van der Waals surface area contributed by atoms with E-state index in [9.17, 15) is 0 Å². The normalized spacial score (nSPS) is 13.2. The molecule has 57 heavy (non-hydrogen) atoms. The van der Waals surface area contributed by atoms with Crippen LogP contribution in [0.5, 0.6) is 11.5 Å². The second-order valence-electron chi connectivity index (χ2n) is 12.8. The van der Waals surface area contributed by atoms with Crippen molar-refractivity contribution in [1.29, 1.82) is 0 Å². The van der Waals surface area contributed by atoms with Crippen LogP contribution in [0, 0.1) is 13.8 Å². The average molecular weight is 775 g/mol. The third-order valence-corrected chi connectivity index (χ3v) is 9.41. The van der Waals surface area contributed by atoms with Crippen molar-refractivity contribution < 1.29 is 19.0 Å². The summed E-state index contributed by atoms with van der Waals surface area (Å²) in [5.74, 6) is 3.75.